The molecule has 2 aliphatic rings. The normalized spacial score (nSPS) is 19.3. The molecule has 1 atom stereocenters. The molecule has 174 valence electrons. The minimum Gasteiger partial charge on any atom is -0.357 e. The Bertz CT molecular complexity index is 1310. The molecule has 0 amide bonds. The number of fused-ring (bicyclic) bond motifs is 1. The topological polar surface area (TPSA) is 49.6 Å². The van der Waals surface area contributed by atoms with E-state index in [9.17, 15) is 4.39 Å². The molecule has 2 fully saturated rings. The summed E-state index contributed by atoms with van der Waals surface area (Å²) < 4.78 is 15.8. The molecule has 0 aliphatic carbocycles. The van der Waals surface area contributed by atoms with Gasteiger partial charge in [0, 0.05) is 19.6 Å². The van der Waals surface area contributed by atoms with Crippen LogP contribution in [0, 0.1) is 11.7 Å². The molecule has 6 nitrogen and oxygen atoms in total. The number of hydrogen-bond donors (Lipinski definition) is 0. The van der Waals surface area contributed by atoms with Gasteiger partial charge in [-0.15, -0.1) is 5.10 Å². The van der Waals surface area contributed by atoms with Crippen molar-refractivity contribution in [3.63, 3.8) is 0 Å². The number of hydrogen-bond acceptors (Lipinski definition) is 5. The molecular weight excluding hydrogens is 427 g/mol. The molecule has 0 N–H and O–H groups in total. The minimum absolute atomic E-state index is 0.121. The van der Waals surface area contributed by atoms with E-state index in [2.05, 4.69) is 33.8 Å². The number of aromatic nitrogens is 4. The van der Waals surface area contributed by atoms with E-state index < -0.39 is 0 Å². The number of piperidine rings is 1. The molecule has 1 aromatic carbocycles. The molecule has 0 spiro atoms. The van der Waals surface area contributed by atoms with Gasteiger partial charge in [-0.05, 0) is 73.6 Å². The van der Waals surface area contributed by atoms with Crippen molar-refractivity contribution < 1.29 is 4.39 Å². The van der Waals surface area contributed by atoms with Crippen molar-refractivity contribution in [2.45, 2.75) is 38.6 Å². The molecule has 3 aromatic heterocycles. The summed E-state index contributed by atoms with van der Waals surface area (Å²) in [7, 11) is 0. The van der Waals surface area contributed by atoms with Gasteiger partial charge in [-0.2, -0.15) is 0 Å². The maximum atomic E-state index is 13.9. The fourth-order valence-corrected chi connectivity index (χ4v) is 5.27. The van der Waals surface area contributed by atoms with Crippen LogP contribution in [0.15, 0.2) is 60.8 Å². The van der Waals surface area contributed by atoms with Crippen LogP contribution >= 0.6 is 0 Å². The second kappa shape index (κ2) is 8.70. The first kappa shape index (κ1) is 21.1. The van der Waals surface area contributed by atoms with Gasteiger partial charge in [0.25, 0.3) is 0 Å². The molecule has 6 rings (SSSR count). The predicted molar refractivity (Wildman–Crippen MR) is 133 cm³/mol. The van der Waals surface area contributed by atoms with Crippen molar-refractivity contribution >= 4 is 17.3 Å². The maximum absolute atomic E-state index is 13.9. The molecule has 0 saturated carbocycles. The van der Waals surface area contributed by atoms with E-state index >= 15 is 0 Å². The van der Waals surface area contributed by atoms with Gasteiger partial charge < -0.3 is 9.80 Å². The Kier molecular flexibility index (Phi) is 5.40. The Morgan fingerprint density at radius 1 is 0.912 bits per heavy atom. The number of imidazole rings is 1. The highest BCUT2D eigenvalue weighted by Crippen LogP contribution is 2.36. The van der Waals surface area contributed by atoms with Crippen LogP contribution in [0.4, 0.5) is 16.0 Å². The average Bonchev–Trinajstić information content (AvgIpc) is 3.52. The molecule has 34 heavy (non-hydrogen) atoms. The predicted octanol–water partition coefficient (Wildman–Crippen LogP) is 5.51. The van der Waals surface area contributed by atoms with E-state index in [1.165, 1.54) is 18.9 Å². The molecule has 0 unspecified atom stereocenters. The summed E-state index contributed by atoms with van der Waals surface area (Å²) in [5.41, 5.74) is 3.54. The molecular formula is C27H29FN6. The van der Waals surface area contributed by atoms with Crippen LogP contribution < -0.4 is 9.80 Å². The fourth-order valence-electron chi connectivity index (χ4n) is 5.27. The second-order valence-electron chi connectivity index (χ2n) is 9.56. The van der Waals surface area contributed by atoms with Crippen molar-refractivity contribution in [1.82, 2.24) is 19.6 Å². The Labute approximate surface area is 199 Å². The van der Waals surface area contributed by atoms with Gasteiger partial charge in [0.05, 0.1) is 17.9 Å². The van der Waals surface area contributed by atoms with Crippen LogP contribution in [0.3, 0.4) is 0 Å². The number of halogens is 1. The number of nitrogens with zero attached hydrogens (tertiary/aromatic N) is 6. The quantitative estimate of drug-likeness (QED) is 0.405. The van der Waals surface area contributed by atoms with Crippen molar-refractivity contribution in [1.29, 1.82) is 0 Å². The maximum Gasteiger partial charge on any atom is 0.154 e. The van der Waals surface area contributed by atoms with Crippen LogP contribution in [0.5, 0.6) is 0 Å². The molecule has 0 bridgehead atoms. The van der Waals surface area contributed by atoms with Crippen molar-refractivity contribution in [3.05, 3.63) is 72.2 Å². The zero-order valence-electron chi connectivity index (χ0n) is 19.4. The highest BCUT2D eigenvalue weighted by molar-refractivity contribution is 5.62. The summed E-state index contributed by atoms with van der Waals surface area (Å²) in [6.07, 6.45) is 6.29. The van der Waals surface area contributed by atoms with Gasteiger partial charge in [0.1, 0.15) is 23.1 Å². The molecule has 7 heteroatoms. The zero-order chi connectivity index (χ0) is 23.1. The lowest BCUT2D eigenvalue weighted by molar-refractivity contribution is 0.436. The van der Waals surface area contributed by atoms with Crippen LogP contribution in [0.25, 0.3) is 17.0 Å². The van der Waals surface area contributed by atoms with Crippen molar-refractivity contribution in [3.8, 4) is 11.4 Å². The number of pyridine rings is 1. The van der Waals surface area contributed by atoms with E-state index in [1.54, 1.807) is 12.1 Å². The first-order chi connectivity index (χ1) is 16.7. The van der Waals surface area contributed by atoms with Gasteiger partial charge in [-0.3, -0.25) is 0 Å². The van der Waals surface area contributed by atoms with E-state index in [1.807, 2.05) is 35.0 Å². The molecule has 5 heterocycles. The summed E-state index contributed by atoms with van der Waals surface area (Å²) in [6.45, 7) is 5.31. The Morgan fingerprint density at radius 2 is 1.76 bits per heavy atom. The van der Waals surface area contributed by atoms with E-state index in [0.717, 1.165) is 72.6 Å². The lowest BCUT2D eigenvalue weighted by Crippen LogP contribution is -2.33. The number of anilines is 2. The van der Waals surface area contributed by atoms with Crippen molar-refractivity contribution in [2.75, 3.05) is 29.4 Å². The van der Waals surface area contributed by atoms with E-state index in [0.29, 0.717) is 0 Å². The van der Waals surface area contributed by atoms with Crippen LogP contribution in [0.1, 0.15) is 44.2 Å². The molecule has 4 aromatic rings. The summed E-state index contributed by atoms with van der Waals surface area (Å²) in [5.74, 6) is 2.47. The third kappa shape index (κ3) is 3.89. The Balaban J connectivity index is 1.34. The smallest absolute Gasteiger partial charge is 0.154 e. The minimum atomic E-state index is -0.196. The van der Waals surface area contributed by atoms with Crippen LogP contribution in [0.2, 0.25) is 0 Å². The molecule has 2 saturated heterocycles. The second-order valence-corrected chi connectivity index (χ2v) is 9.56. The standard InChI is InChI=1S/C27H29FN6/c1-19-12-15-32(16-13-19)26-9-3-7-22(30-26)24-18-29-25-10-11-27(31-34(24)25)33-14-4-8-23(33)20-5-2-6-21(28)17-20/h2-3,5-7,9-11,17-19,23H,4,8,12-16H2,1H3/t23-/m1/s1. The lowest BCUT2D eigenvalue weighted by Gasteiger charge is -2.31. The van der Waals surface area contributed by atoms with Gasteiger partial charge in [-0.1, -0.05) is 25.1 Å². The first-order valence-electron chi connectivity index (χ1n) is 12.2. The van der Waals surface area contributed by atoms with Gasteiger partial charge in [0.2, 0.25) is 0 Å². The lowest BCUT2D eigenvalue weighted by atomic mass is 9.99. The largest absolute Gasteiger partial charge is 0.357 e. The average molecular weight is 457 g/mol. The van der Waals surface area contributed by atoms with E-state index in [-0.39, 0.29) is 11.9 Å². The molecule has 2 aliphatic heterocycles. The van der Waals surface area contributed by atoms with Gasteiger partial charge >= 0.3 is 0 Å². The number of benzene rings is 1. The summed E-state index contributed by atoms with van der Waals surface area (Å²) in [6, 6.07) is 17.3. The summed E-state index contributed by atoms with van der Waals surface area (Å²) in [4.78, 5) is 14.2. The fraction of sp³-hybridized carbons (Fsp3) is 0.370. The third-order valence-corrected chi connectivity index (χ3v) is 7.23. The summed E-state index contributed by atoms with van der Waals surface area (Å²) >= 11 is 0. The monoisotopic (exact) mass is 456 g/mol. The van der Waals surface area contributed by atoms with Crippen LogP contribution in [-0.4, -0.2) is 39.2 Å². The third-order valence-electron chi connectivity index (χ3n) is 7.23. The highest BCUT2D eigenvalue weighted by Gasteiger charge is 2.28. The SMILES string of the molecule is CC1CCN(c2cccc(-c3cnc4ccc(N5CCC[C@@H]5c5cccc(F)c5)nn34)n2)CC1. The zero-order valence-corrected chi connectivity index (χ0v) is 19.4. The first-order valence-corrected chi connectivity index (χ1v) is 12.2. The number of rotatable bonds is 4. The van der Waals surface area contributed by atoms with Crippen molar-refractivity contribution in [2.24, 2.45) is 5.92 Å². The van der Waals surface area contributed by atoms with Gasteiger partial charge in [0.15, 0.2) is 5.65 Å². The van der Waals surface area contributed by atoms with E-state index in [4.69, 9.17) is 10.1 Å². The van der Waals surface area contributed by atoms with Crippen LogP contribution in [-0.2, 0) is 0 Å². The Morgan fingerprint density at radius 3 is 2.62 bits per heavy atom. The molecule has 0 radical (unpaired) electrons. The summed E-state index contributed by atoms with van der Waals surface area (Å²) in [5, 5.41) is 4.98. The highest BCUT2D eigenvalue weighted by atomic mass is 19.1. The van der Waals surface area contributed by atoms with Gasteiger partial charge in [-0.25, -0.2) is 18.9 Å². The Hall–Kier alpha value is -3.48.